The average Bonchev–Trinajstić information content (AvgIpc) is 2.61. The van der Waals surface area contributed by atoms with Crippen LogP contribution in [0.3, 0.4) is 0 Å². The van der Waals surface area contributed by atoms with Crippen LogP contribution in [0.1, 0.15) is 10.4 Å². The summed E-state index contributed by atoms with van der Waals surface area (Å²) in [7, 11) is -4.23. The number of benzene rings is 2. The van der Waals surface area contributed by atoms with Crippen LogP contribution in [-0.2, 0) is 14.8 Å². The molecule has 1 saturated heterocycles. The Morgan fingerprint density at radius 3 is 2.54 bits per heavy atom. The molecule has 0 radical (unpaired) electrons. The molecule has 0 unspecified atom stereocenters. The molecule has 1 aliphatic heterocycles. The van der Waals surface area contributed by atoms with E-state index in [1.54, 1.807) is 17.0 Å². The Morgan fingerprint density at radius 1 is 1.15 bits per heavy atom. The van der Waals surface area contributed by atoms with Gasteiger partial charge in [0.15, 0.2) is 0 Å². The Hall–Kier alpha value is -2.16. The Balaban J connectivity index is 1.91. The molecule has 1 N–H and O–H groups in total. The van der Waals surface area contributed by atoms with E-state index < -0.39 is 20.7 Å². The van der Waals surface area contributed by atoms with E-state index in [1.165, 1.54) is 18.2 Å². The first-order valence-corrected chi connectivity index (χ1v) is 9.68. The van der Waals surface area contributed by atoms with Gasteiger partial charge in [-0.1, -0.05) is 23.7 Å². The third kappa shape index (κ3) is 3.98. The molecule has 3 rings (SSSR count). The number of sulfonamides is 1. The van der Waals surface area contributed by atoms with Crippen LogP contribution >= 0.6 is 11.6 Å². The molecule has 138 valence electrons. The second kappa shape index (κ2) is 7.61. The summed E-state index contributed by atoms with van der Waals surface area (Å²) in [4.78, 5) is 13.7. The number of nitrogens with one attached hydrogen (secondary N) is 1. The van der Waals surface area contributed by atoms with Gasteiger partial charge >= 0.3 is 0 Å². The smallest absolute Gasteiger partial charge is 0.264 e. The maximum absolute atomic E-state index is 14.0. The van der Waals surface area contributed by atoms with Crippen molar-refractivity contribution < 1.29 is 22.3 Å². The number of morpholine rings is 1. The molecule has 2 aromatic carbocycles. The van der Waals surface area contributed by atoms with Gasteiger partial charge in [0, 0.05) is 18.1 Å². The summed E-state index contributed by atoms with van der Waals surface area (Å²) in [6.45, 7) is 1.70. The lowest BCUT2D eigenvalue weighted by Crippen LogP contribution is -2.41. The zero-order valence-corrected chi connectivity index (χ0v) is 15.2. The molecule has 26 heavy (non-hydrogen) atoms. The minimum atomic E-state index is -4.23. The number of carbonyl (C=O) groups is 1. The van der Waals surface area contributed by atoms with E-state index in [4.69, 9.17) is 16.3 Å². The van der Waals surface area contributed by atoms with Gasteiger partial charge in [0.1, 0.15) is 10.7 Å². The van der Waals surface area contributed by atoms with Crippen LogP contribution in [0.25, 0.3) is 0 Å². The summed E-state index contributed by atoms with van der Waals surface area (Å²) in [5, 5.41) is 0.0874. The summed E-state index contributed by atoms with van der Waals surface area (Å²) in [5.41, 5.74) is 0.269. The van der Waals surface area contributed by atoms with Gasteiger partial charge in [-0.05, 0) is 30.3 Å². The highest BCUT2D eigenvalue weighted by molar-refractivity contribution is 7.92. The fraction of sp³-hybridized carbons (Fsp3) is 0.235. The molecule has 0 saturated carbocycles. The van der Waals surface area contributed by atoms with E-state index in [0.717, 1.165) is 12.1 Å². The predicted molar refractivity (Wildman–Crippen MR) is 95.4 cm³/mol. The van der Waals surface area contributed by atoms with Gasteiger partial charge in [-0.25, -0.2) is 12.8 Å². The lowest BCUT2D eigenvalue weighted by Gasteiger charge is -2.27. The highest BCUT2D eigenvalue weighted by Gasteiger charge is 2.25. The molecule has 1 fully saturated rings. The molecular weight excluding hydrogens is 383 g/mol. The number of rotatable bonds is 4. The highest BCUT2D eigenvalue weighted by atomic mass is 35.5. The number of anilines is 1. The SMILES string of the molecule is O=C(c1ccccc1NS(=O)(=O)c1ccc(Cl)cc1F)N1CCOCC1. The minimum Gasteiger partial charge on any atom is -0.378 e. The van der Waals surface area contributed by atoms with Crippen LogP contribution in [0, 0.1) is 5.82 Å². The minimum absolute atomic E-state index is 0.0818. The molecule has 0 bridgehead atoms. The van der Waals surface area contributed by atoms with Gasteiger partial charge in [-0.3, -0.25) is 9.52 Å². The zero-order valence-electron chi connectivity index (χ0n) is 13.6. The number of amides is 1. The Kier molecular flexibility index (Phi) is 5.45. The summed E-state index contributed by atoms with van der Waals surface area (Å²) < 4.78 is 46.6. The van der Waals surface area contributed by atoms with Gasteiger partial charge in [0.2, 0.25) is 0 Å². The Morgan fingerprint density at radius 2 is 1.85 bits per heavy atom. The molecule has 0 aliphatic carbocycles. The van der Waals surface area contributed by atoms with Crippen LogP contribution in [0.4, 0.5) is 10.1 Å². The molecule has 0 spiro atoms. The number of para-hydroxylation sites is 1. The summed E-state index contributed by atoms with van der Waals surface area (Å²) in [5.74, 6) is -1.29. The fourth-order valence-electron chi connectivity index (χ4n) is 2.59. The third-order valence-electron chi connectivity index (χ3n) is 3.88. The first-order chi connectivity index (χ1) is 12.4. The largest absolute Gasteiger partial charge is 0.378 e. The number of carbonyl (C=O) groups excluding carboxylic acids is 1. The van der Waals surface area contributed by atoms with Gasteiger partial charge in [-0.2, -0.15) is 0 Å². The fourth-order valence-corrected chi connectivity index (χ4v) is 3.89. The second-order valence-electron chi connectivity index (χ2n) is 5.63. The van der Waals surface area contributed by atoms with Crippen LogP contribution in [0.2, 0.25) is 5.02 Å². The van der Waals surface area contributed by atoms with Crippen molar-refractivity contribution in [3.63, 3.8) is 0 Å². The third-order valence-corrected chi connectivity index (χ3v) is 5.52. The summed E-state index contributed by atoms with van der Waals surface area (Å²) >= 11 is 5.66. The number of hydrogen-bond donors (Lipinski definition) is 1. The maximum atomic E-state index is 14.0. The summed E-state index contributed by atoms with van der Waals surface area (Å²) in [6, 6.07) is 9.48. The van der Waals surface area contributed by atoms with E-state index in [1.807, 2.05) is 0 Å². The van der Waals surface area contributed by atoms with E-state index in [2.05, 4.69) is 4.72 Å². The van der Waals surface area contributed by atoms with Crippen molar-refractivity contribution in [2.24, 2.45) is 0 Å². The van der Waals surface area contributed by atoms with Crippen LogP contribution < -0.4 is 4.72 Å². The van der Waals surface area contributed by atoms with Gasteiger partial charge in [-0.15, -0.1) is 0 Å². The van der Waals surface area contributed by atoms with Crippen molar-refractivity contribution in [1.29, 1.82) is 0 Å². The topological polar surface area (TPSA) is 75.7 Å². The molecule has 1 heterocycles. The van der Waals surface area contributed by atoms with E-state index in [0.29, 0.717) is 26.3 Å². The van der Waals surface area contributed by atoms with Crippen molar-refractivity contribution in [3.8, 4) is 0 Å². The Labute approximate surface area is 155 Å². The van der Waals surface area contributed by atoms with Crippen LogP contribution in [-0.4, -0.2) is 45.5 Å². The van der Waals surface area contributed by atoms with Crippen molar-refractivity contribution >= 4 is 33.2 Å². The van der Waals surface area contributed by atoms with E-state index in [9.17, 15) is 17.6 Å². The summed E-state index contributed by atoms with van der Waals surface area (Å²) in [6.07, 6.45) is 0. The highest BCUT2D eigenvalue weighted by Crippen LogP contribution is 2.24. The molecule has 1 amide bonds. The van der Waals surface area contributed by atoms with Crippen molar-refractivity contribution in [3.05, 3.63) is 58.9 Å². The molecule has 9 heteroatoms. The van der Waals surface area contributed by atoms with Crippen molar-refractivity contribution in [2.45, 2.75) is 4.90 Å². The van der Waals surface area contributed by atoms with Gasteiger partial charge in [0.05, 0.1) is 24.5 Å². The molecule has 0 atom stereocenters. The van der Waals surface area contributed by atoms with Crippen LogP contribution in [0.5, 0.6) is 0 Å². The number of ether oxygens (including phenoxy) is 1. The monoisotopic (exact) mass is 398 g/mol. The average molecular weight is 399 g/mol. The first kappa shape index (κ1) is 18.6. The van der Waals surface area contributed by atoms with Crippen LogP contribution in [0.15, 0.2) is 47.4 Å². The molecule has 2 aromatic rings. The van der Waals surface area contributed by atoms with E-state index in [-0.39, 0.29) is 22.2 Å². The normalized spacial score (nSPS) is 14.9. The van der Waals surface area contributed by atoms with Gasteiger partial charge in [0.25, 0.3) is 15.9 Å². The lowest BCUT2D eigenvalue weighted by atomic mass is 10.1. The number of halogens is 2. The number of nitrogens with zero attached hydrogens (tertiary/aromatic N) is 1. The Bertz CT molecular complexity index is 930. The first-order valence-electron chi connectivity index (χ1n) is 7.82. The standard InChI is InChI=1S/C17H16ClFN2O4S/c18-12-5-6-16(14(19)11-12)26(23,24)20-15-4-2-1-3-13(15)17(22)21-7-9-25-10-8-21/h1-6,11,20H,7-10H2. The second-order valence-corrected chi connectivity index (χ2v) is 7.72. The quantitative estimate of drug-likeness (QED) is 0.859. The lowest BCUT2D eigenvalue weighted by molar-refractivity contribution is 0.0303. The molecule has 1 aliphatic rings. The van der Waals surface area contributed by atoms with Crippen molar-refractivity contribution in [1.82, 2.24) is 4.90 Å². The van der Waals surface area contributed by atoms with E-state index >= 15 is 0 Å². The predicted octanol–water partition coefficient (Wildman–Crippen LogP) is 2.75. The number of hydrogen-bond acceptors (Lipinski definition) is 4. The van der Waals surface area contributed by atoms with Gasteiger partial charge < -0.3 is 9.64 Å². The molecular formula is C17H16ClFN2O4S. The maximum Gasteiger partial charge on any atom is 0.264 e. The zero-order chi connectivity index (χ0) is 18.7. The molecule has 0 aromatic heterocycles. The molecule has 6 nitrogen and oxygen atoms in total. The van der Waals surface area contributed by atoms with Crippen molar-refractivity contribution in [2.75, 3.05) is 31.0 Å².